The van der Waals surface area contributed by atoms with E-state index < -0.39 is 5.97 Å². The summed E-state index contributed by atoms with van der Waals surface area (Å²) in [5.41, 5.74) is 0. The average molecular weight is 196 g/mol. The Hall–Kier alpha value is -1.32. The number of aliphatic carboxylic acids is 1. The molecule has 0 aliphatic carbocycles. The maximum atomic E-state index is 10.6. The van der Waals surface area contributed by atoms with Gasteiger partial charge in [-0.3, -0.25) is 4.79 Å². The molecule has 0 amide bonds. The minimum atomic E-state index is -0.777. The van der Waals surface area contributed by atoms with Crippen molar-refractivity contribution in [3.8, 4) is 0 Å². The Bertz CT molecular complexity index is 318. The highest BCUT2D eigenvalue weighted by Gasteiger charge is 2.14. The van der Waals surface area contributed by atoms with E-state index in [0.29, 0.717) is 5.92 Å². The van der Waals surface area contributed by atoms with Gasteiger partial charge in [-0.05, 0) is 6.92 Å². The van der Waals surface area contributed by atoms with E-state index in [1.165, 1.54) is 0 Å². The van der Waals surface area contributed by atoms with Crippen LogP contribution in [0, 0.1) is 0 Å². The van der Waals surface area contributed by atoms with Gasteiger partial charge in [0.05, 0.1) is 6.42 Å². The van der Waals surface area contributed by atoms with Crippen molar-refractivity contribution in [2.24, 2.45) is 0 Å². The smallest absolute Gasteiger partial charge is 0.305 e. The summed E-state index contributed by atoms with van der Waals surface area (Å²) in [4.78, 5) is 14.8. The molecule has 14 heavy (non-hydrogen) atoms. The number of carboxylic acids is 1. The summed E-state index contributed by atoms with van der Waals surface area (Å²) >= 11 is 0. The Morgan fingerprint density at radius 2 is 2.21 bits per heavy atom. The predicted octanol–water partition coefficient (Wildman–Crippen LogP) is 2.04. The summed E-state index contributed by atoms with van der Waals surface area (Å²) in [7, 11) is 0. The van der Waals surface area contributed by atoms with E-state index in [1.54, 1.807) is 6.20 Å². The third-order valence-corrected chi connectivity index (χ3v) is 2.16. The van der Waals surface area contributed by atoms with E-state index in [0.717, 1.165) is 5.82 Å². The van der Waals surface area contributed by atoms with Crippen LogP contribution in [0.2, 0.25) is 0 Å². The first-order chi connectivity index (χ1) is 6.52. The van der Waals surface area contributed by atoms with E-state index in [1.807, 2.05) is 31.5 Å². The van der Waals surface area contributed by atoms with Gasteiger partial charge in [-0.25, -0.2) is 4.98 Å². The SMILES string of the molecule is CC(C)c1nccn1[C@@H](C)CC(=O)O. The molecule has 0 spiro atoms. The summed E-state index contributed by atoms with van der Waals surface area (Å²) in [6, 6.07) is -0.0348. The Labute approximate surface area is 83.6 Å². The molecule has 0 aliphatic heterocycles. The Balaban J connectivity index is 2.83. The fraction of sp³-hybridized carbons (Fsp3) is 0.600. The number of nitrogens with zero attached hydrogens (tertiary/aromatic N) is 2. The standard InChI is InChI=1S/C10H16N2O2/c1-7(2)10-11-4-5-12(10)8(3)6-9(13)14/h4-5,7-8H,6H2,1-3H3,(H,13,14)/t8-/m0/s1. The van der Waals surface area contributed by atoms with Crippen LogP contribution in [0.15, 0.2) is 12.4 Å². The largest absolute Gasteiger partial charge is 0.481 e. The van der Waals surface area contributed by atoms with E-state index in [4.69, 9.17) is 5.11 Å². The minimum Gasteiger partial charge on any atom is -0.481 e. The van der Waals surface area contributed by atoms with Crippen molar-refractivity contribution in [1.82, 2.24) is 9.55 Å². The van der Waals surface area contributed by atoms with Gasteiger partial charge in [0.25, 0.3) is 0 Å². The molecular formula is C10H16N2O2. The highest BCUT2D eigenvalue weighted by atomic mass is 16.4. The molecule has 0 aliphatic rings. The van der Waals surface area contributed by atoms with E-state index >= 15 is 0 Å². The lowest BCUT2D eigenvalue weighted by atomic mass is 10.1. The third-order valence-electron chi connectivity index (χ3n) is 2.16. The first-order valence-corrected chi connectivity index (χ1v) is 4.77. The second-order valence-corrected chi connectivity index (χ2v) is 3.79. The number of carboxylic acid groups (broad SMARTS) is 1. The third kappa shape index (κ3) is 2.34. The topological polar surface area (TPSA) is 55.1 Å². The molecule has 1 atom stereocenters. The van der Waals surface area contributed by atoms with Gasteiger partial charge in [-0.15, -0.1) is 0 Å². The zero-order valence-electron chi connectivity index (χ0n) is 8.77. The monoisotopic (exact) mass is 196 g/mol. The summed E-state index contributed by atoms with van der Waals surface area (Å²) < 4.78 is 1.93. The number of imidazole rings is 1. The van der Waals surface area contributed by atoms with Gasteiger partial charge in [-0.1, -0.05) is 13.8 Å². The fourth-order valence-corrected chi connectivity index (χ4v) is 1.50. The fourth-order valence-electron chi connectivity index (χ4n) is 1.50. The minimum absolute atomic E-state index is 0.0348. The number of hydrogen-bond donors (Lipinski definition) is 1. The van der Waals surface area contributed by atoms with E-state index in [-0.39, 0.29) is 12.5 Å². The van der Waals surface area contributed by atoms with Crippen LogP contribution in [0.25, 0.3) is 0 Å². The van der Waals surface area contributed by atoms with Crippen molar-refractivity contribution in [2.75, 3.05) is 0 Å². The van der Waals surface area contributed by atoms with Gasteiger partial charge in [0.1, 0.15) is 5.82 Å². The van der Waals surface area contributed by atoms with Crippen LogP contribution < -0.4 is 0 Å². The lowest BCUT2D eigenvalue weighted by Gasteiger charge is -2.15. The maximum Gasteiger partial charge on any atom is 0.305 e. The van der Waals surface area contributed by atoms with Crippen LogP contribution in [0.1, 0.15) is 45.0 Å². The van der Waals surface area contributed by atoms with Crippen LogP contribution in [0.4, 0.5) is 0 Å². The zero-order chi connectivity index (χ0) is 10.7. The van der Waals surface area contributed by atoms with Crippen LogP contribution in [-0.2, 0) is 4.79 Å². The summed E-state index contributed by atoms with van der Waals surface area (Å²) in [5.74, 6) is 0.487. The Kier molecular flexibility index (Phi) is 3.28. The highest BCUT2D eigenvalue weighted by Crippen LogP contribution is 2.18. The molecule has 0 aromatic carbocycles. The second-order valence-electron chi connectivity index (χ2n) is 3.79. The molecule has 1 heterocycles. The molecule has 1 aromatic rings. The molecular weight excluding hydrogens is 180 g/mol. The van der Waals surface area contributed by atoms with Crippen LogP contribution in [0.3, 0.4) is 0 Å². The Morgan fingerprint density at radius 3 is 2.71 bits per heavy atom. The summed E-state index contributed by atoms with van der Waals surface area (Å²) in [6.45, 7) is 5.99. The van der Waals surface area contributed by atoms with Gasteiger partial charge < -0.3 is 9.67 Å². The van der Waals surface area contributed by atoms with Gasteiger partial charge in [-0.2, -0.15) is 0 Å². The predicted molar refractivity (Wildman–Crippen MR) is 53.3 cm³/mol. The molecule has 0 saturated heterocycles. The normalized spacial score (nSPS) is 13.1. The van der Waals surface area contributed by atoms with E-state index in [9.17, 15) is 4.79 Å². The molecule has 78 valence electrons. The maximum absolute atomic E-state index is 10.6. The molecule has 4 nitrogen and oxygen atoms in total. The van der Waals surface area contributed by atoms with Crippen LogP contribution in [0.5, 0.6) is 0 Å². The molecule has 0 fully saturated rings. The number of rotatable bonds is 4. The molecule has 0 saturated carbocycles. The Morgan fingerprint density at radius 1 is 1.57 bits per heavy atom. The van der Waals surface area contributed by atoms with Crippen molar-refractivity contribution in [3.05, 3.63) is 18.2 Å². The molecule has 4 heteroatoms. The number of hydrogen-bond acceptors (Lipinski definition) is 2. The van der Waals surface area contributed by atoms with Gasteiger partial charge >= 0.3 is 5.97 Å². The molecule has 1 N–H and O–H groups in total. The van der Waals surface area contributed by atoms with Crippen LogP contribution in [-0.4, -0.2) is 20.6 Å². The zero-order valence-corrected chi connectivity index (χ0v) is 8.77. The van der Waals surface area contributed by atoms with Crippen molar-refractivity contribution in [2.45, 2.75) is 39.2 Å². The van der Waals surface area contributed by atoms with Gasteiger partial charge in [0, 0.05) is 24.4 Å². The number of carbonyl (C=O) groups is 1. The molecule has 1 aromatic heterocycles. The first kappa shape index (κ1) is 10.8. The van der Waals surface area contributed by atoms with Gasteiger partial charge in [0.15, 0.2) is 0 Å². The lowest BCUT2D eigenvalue weighted by molar-refractivity contribution is -0.137. The molecule has 0 bridgehead atoms. The lowest BCUT2D eigenvalue weighted by Crippen LogP contribution is -2.13. The van der Waals surface area contributed by atoms with Crippen LogP contribution >= 0.6 is 0 Å². The van der Waals surface area contributed by atoms with Gasteiger partial charge in [0.2, 0.25) is 0 Å². The van der Waals surface area contributed by atoms with Crippen molar-refractivity contribution >= 4 is 5.97 Å². The van der Waals surface area contributed by atoms with E-state index in [2.05, 4.69) is 4.98 Å². The molecule has 0 unspecified atom stereocenters. The average Bonchev–Trinajstić information content (AvgIpc) is 2.49. The first-order valence-electron chi connectivity index (χ1n) is 4.77. The second kappa shape index (κ2) is 4.26. The summed E-state index contributed by atoms with van der Waals surface area (Å²) in [5, 5.41) is 8.68. The molecule has 1 rings (SSSR count). The molecule has 0 radical (unpaired) electrons. The van der Waals surface area contributed by atoms with Crippen molar-refractivity contribution in [1.29, 1.82) is 0 Å². The van der Waals surface area contributed by atoms with Crippen molar-refractivity contribution in [3.63, 3.8) is 0 Å². The van der Waals surface area contributed by atoms with Crippen molar-refractivity contribution < 1.29 is 9.90 Å². The summed E-state index contributed by atoms with van der Waals surface area (Å²) in [6.07, 6.45) is 3.69. The highest BCUT2D eigenvalue weighted by molar-refractivity contribution is 5.67. The number of aromatic nitrogens is 2. The quantitative estimate of drug-likeness (QED) is 0.801.